The first kappa shape index (κ1) is 11.6. The highest BCUT2D eigenvalue weighted by Crippen LogP contribution is 2.16. The molecule has 70 valence electrons. The van der Waals surface area contributed by atoms with Crippen LogP contribution in [0, 0.1) is 5.92 Å². The Bertz CT molecular complexity index is 175. The molecule has 0 radical (unpaired) electrons. The van der Waals surface area contributed by atoms with Gasteiger partial charge in [-0.1, -0.05) is 39.6 Å². The molecule has 1 nitrogen and oxygen atoms in total. The average Bonchev–Trinajstić information content (AvgIpc) is 1.82. The van der Waals surface area contributed by atoms with E-state index < -0.39 is 8.07 Å². The van der Waals surface area contributed by atoms with Crippen LogP contribution in [0.3, 0.4) is 0 Å². The molecule has 2 heteroatoms. The molecule has 0 atom stereocenters. The molecule has 0 aliphatic heterocycles. The molecule has 0 rings (SSSR count). The van der Waals surface area contributed by atoms with E-state index in [-0.39, 0.29) is 0 Å². The van der Waals surface area contributed by atoms with Gasteiger partial charge < -0.3 is 0 Å². The van der Waals surface area contributed by atoms with E-state index in [2.05, 4.69) is 39.6 Å². The second kappa shape index (κ2) is 4.60. The fourth-order valence-corrected chi connectivity index (χ4v) is 2.61. The number of aldehydes is 1. The molecule has 0 heterocycles. The van der Waals surface area contributed by atoms with Gasteiger partial charge in [0.25, 0.3) is 0 Å². The standard InChI is InChI=1S/C10H20OSi/c1-9(2)6-10(7-11)8-12(3,4)5/h6-7,9H,8H2,1-5H3/b10-6+. The predicted octanol–water partition coefficient (Wildman–Crippen LogP) is 3.11. The van der Waals surface area contributed by atoms with Crippen molar-refractivity contribution >= 4 is 14.4 Å². The minimum atomic E-state index is -1.11. The van der Waals surface area contributed by atoms with E-state index in [0.717, 1.165) is 17.9 Å². The van der Waals surface area contributed by atoms with Gasteiger partial charge in [0, 0.05) is 8.07 Å². The van der Waals surface area contributed by atoms with Crippen LogP contribution in [0.15, 0.2) is 11.6 Å². The minimum absolute atomic E-state index is 0.488. The van der Waals surface area contributed by atoms with Gasteiger partial charge in [0.05, 0.1) is 0 Å². The Hall–Kier alpha value is -0.373. The smallest absolute Gasteiger partial charge is 0.145 e. The fraction of sp³-hybridized carbons (Fsp3) is 0.700. The van der Waals surface area contributed by atoms with Gasteiger partial charge in [0.2, 0.25) is 0 Å². The molecule has 0 N–H and O–H groups in total. The highest BCUT2D eigenvalue weighted by atomic mass is 28.3. The van der Waals surface area contributed by atoms with Crippen molar-refractivity contribution in [2.24, 2.45) is 5.92 Å². The van der Waals surface area contributed by atoms with Crippen molar-refractivity contribution in [2.75, 3.05) is 0 Å². The molecular formula is C10H20OSi. The summed E-state index contributed by atoms with van der Waals surface area (Å²) in [6, 6.07) is 1.01. The fourth-order valence-electron chi connectivity index (χ4n) is 1.18. The summed E-state index contributed by atoms with van der Waals surface area (Å²) in [6.45, 7) is 11.1. The third kappa shape index (κ3) is 6.34. The summed E-state index contributed by atoms with van der Waals surface area (Å²) >= 11 is 0. The minimum Gasteiger partial charge on any atom is -0.298 e. The monoisotopic (exact) mass is 184 g/mol. The normalized spacial score (nSPS) is 13.7. The summed E-state index contributed by atoms with van der Waals surface area (Å²) in [7, 11) is -1.11. The van der Waals surface area contributed by atoms with E-state index in [1.54, 1.807) is 0 Å². The molecule has 0 unspecified atom stereocenters. The SMILES string of the molecule is CC(C)/C=C(\C=O)C[Si](C)(C)C. The molecular weight excluding hydrogens is 164 g/mol. The molecule has 12 heavy (non-hydrogen) atoms. The van der Waals surface area contributed by atoms with E-state index in [1.807, 2.05) is 0 Å². The summed E-state index contributed by atoms with van der Waals surface area (Å²) in [4.78, 5) is 10.7. The Kier molecular flexibility index (Phi) is 4.46. The van der Waals surface area contributed by atoms with Gasteiger partial charge in [-0.05, 0) is 17.5 Å². The lowest BCUT2D eigenvalue weighted by Gasteiger charge is -2.15. The van der Waals surface area contributed by atoms with Gasteiger partial charge in [-0.2, -0.15) is 0 Å². The van der Waals surface area contributed by atoms with E-state index >= 15 is 0 Å². The van der Waals surface area contributed by atoms with Crippen LogP contribution in [0.1, 0.15) is 13.8 Å². The lowest BCUT2D eigenvalue weighted by molar-refractivity contribution is -0.104. The second-order valence-electron chi connectivity index (χ2n) is 4.84. The zero-order valence-electron chi connectivity index (χ0n) is 8.85. The molecule has 0 amide bonds. The highest BCUT2D eigenvalue weighted by molar-refractivity contribution is 6.76. The van der Waals surface area contributed by atoms with E-state index in [0.29, 0.717) is 5.92 Å². The third-order valence-electron chi connectivity index (χ3n) is 1.43. The van der Waals surface area contributed by atoms with Crippen LogP contribution in [0.2, 0.25) is 25.7 Å². The van der Waals surface area contributed by atoms with Crippen LogP contribution in [0.25, 0.3) is 0 Å². The summed E-state index contributed by atoms with van der Waals surface area (Å²) in [5, 5.41) is 0. The zero-order chi connectivity index (χ0) is 9.78. The Labute approximate surface area is 76.9 Å². The first-order valence-electron chi connectivity index (χ1n) is 4.51. The van der Waals surface area contributed by atoms with Crippen molar-refractivity contribution < 1.29 is 4.79 Å². The molecule has 0 aliphatic rings. The predicted molar refractivity (Wildman–Crippen MR) is 57.1 cm³/mol. The number of carbonyl (C=O) groups is 1. The van der Waals surface area contributed by atoms with Crippen LogP contribution in [0.5, 0.6) is 0 Å². The Morgan fingerprint density at radius 2 is 1.83 bits per heavy atom. The maximum Gasteiger partial charge on any atom is 0.145 e. The molecule has 0 aromatic rings. The number of hydrogen-bond donors (Lipinski definition) is 0. The molecule has 0 bridgehead atoms. The van der Waals surface area contributed by atoms with Crippen molar-refractivity contribution in [1.29, 1.82) is 0 Å². The van der Waals surface area contributed by atoms with E-state index in [1.165, 1.54) is 0 Å². The molecule has 0 aromatic carbocycles. The van der Waals surface area contributed by atoms with Crippen molar-refractivity contribution in [3.8, 4) is 0 Å². The summed E-state index contributed by atoms with van der Waals surface area (Å²) in [5.41, 5.74) is 0.990. The molecule has 0 saturated carbocycles. The maximum absolute atomic E-state index is 10.7. The maximum atomic E-state index is 10.7. The summed E-state index contributed by atoms with van der Waals surface area (Å²) in [6.07, 6.45) is 3.09. The Morgan fingerprint density at radius 3 is 2.08 bits per heavy atom. The van der Waals surface area contributed by atoms with Crippen LogP contribution < -0.4 is 0 Å². The molecule has 0 fully saturated rings. The topological polar surface area (TPSA) is 17.1 Å². The van der Waals surface area contributed by atoms with Crippen molar-refractivity contribution in [3.63, 3.8) is 0 Å². The van der Waals surface area contributed by atoms with Gasteiger partial charge in [-0.25, -0.2) is 0 Å². The largest absolute Gasteiger partial charge is 0.298 e. The molecule has 0 aliphatic carbocycles. The van der Waals surface area contributed by atoms with Crippen LogP contribution in [0.4, 0.5) is 0 Å². The molecule has 0 aromatic heterocycles. The van der Waals surface area contributed by atoms with Gasteiger partial charge in [-0.15, -0.1) is 0 Å². The van der Waals surface area contributed by atoms with Gasteiger partial charge in [-0.3, -0.25) is 4.79 Å². The van der Waals surface area contributed by atoms with Gasteiger partial charge in [0.15, 0.2) is 0 Å². The second-order valence-corrected chi connectivity index (χ2v) is 10.3. The summed E-state index contributed by atoms with van der Waals surface area (Å²) < 4.78 is 0. The quantitative estimate of drug-likeness (QED) is 0.373. The van der Waals surface area contributed by atoms with Crippen LogP contribution in [-0.4, -0.2) is 14.4 Å². The number of rotatable bonds is 4. The first-order valence-corrected chi connectivity index (χ1v) is 8.22. The third-order valence-corrected chi connectivity index (χ3v) is 2.90. The Morgan fingerprint density at radius 1 is 1.33 bits per heavy atom. The van der Waals surface area contributed by atoms with Crippen molar-refractivity contribution in [1.82, 2.24) is 0 Å². The molecule has 0 spiro atoms. The number of hydrogen-bond acceptors (Lipinski definition) is 1. The number of allylic oxidation sites excluding steroid dienone is 2. The zero-order valence-corrected chi connectivity index (χ0v) is 9.85. The average molecular weight is 184 g/mol. The Balaban J connectivity index is 4.28. The van der Waals surface area contributed by atoms with Gasteiger partial charge >= 0.3 is 0 Å². The lowest BCUT2D eigenvalue weighted by Crippen LogP contribution is -2.20. The van der Waals surface area contributed by atoms with Crippen LogP contribution >= 0.6 is 0 Å². The van der Waals surface area contributed by atoms with Crippen molar-refractivity contribution in [2.45, 2.75) is 39.5 Å². The van der Waals surface area contributed by atoms with E-state index in [4.69, 9.17) is 0 Å². The van der Waals surface area contributed by atoms with E-state index in [9.17, 15) is 4.79 Å². The van der Waals surface area contributed by atoms with Crippen LogP contribution in [-0.2, 0) is 4.79 Å². The molecule has 0 saturated heterocycles. The first-order chi connectivity index (χ1) is 5.35. The summed E-state index contributed by atoms with van der Waals surface area (Å²) in [5.74, 6) is 0.488. The number of carbonyl (C=O) groups excluding carboxylic acids is 1. The highest BCUT2D eigenvalue weighted by Gasteiger charge is 2.14. The van der Waals surface area contributed by atoms with Gasteiger partial charge in [0.1, 0.15) is 6.29 Å². The van der Waals surface area contributed by atoms with Crippen molar-refractivity contribution in [3.05, 3.63) is 11.6 Å². The lowest BCUT2D eigenvalue weighted by atomic mass is 10.1.